The van der Waals surface area contributed by atoms with Gasteiger partial charge >= 0.3 is 0 Å². The van der Waals surface area contributed by atoms with Crippen molar-refractivity contribution in [3.8, 4) is 0 Å². The highest BCUT2D eigenvalue weighted by atomic mass is 16.5. The van der Waals surface area contributed by atoms with Crippen LogP contribution in [0.2, 0.25) is 0 Å². The number of nitrogens with one attached hydrogen (secondary N) is 2. The molecule has 2 aromatic rings. The molecule has 7 nitrogen and oxygen atoms in total. The van der Waals surface area contributed by atoms with E-state index < -0.39 is 5.54 Å². The van der Waals surface area contributed by atoms with Crippen LogP contribution in [0.3, 0.4) is 0 Å². The van der Waals surface area contributed by atoms with E-state index in [1.807, 2.05) is 32.3 Å². The largest absolute Gasteiger partial charge is 0.381 e. The number of imidazole rings is 1. The fourth-order valence-electron chi connectivity index (χ4n) is 4.02. The first kappa shape index (κ1) is 18.4. The average Bonchev–Trinajstić information content (AvgIpc) is 3.04. The Labute approximate surface area is 160 Å². The Bertz CT molecular complexity index is 827. The van der Waals surface area contributed by atoms with E-state index in [1.54, 1.807) is 0 Å². The van der Waals surface area contributed by atoms with Gasteiger partial charge in [0.25, 0.3) is 0 Å². The van der Waals surface area contributed by atoms with Crippen LogP contribution in [-0.2, 0) is 15.1 Å². The highest BCUT2D eigenvalue weighted by Crippen LogP contribution is 2.23. The van der Waals surface area contributed by atoms with Gasteiger partial charge in [0.2, 0.25) is 5.91 Å². The van der Waals surface area contributed by atoms with Gasteiger partial charge in [0.15, 0.2) is 0 Å². The number of aromatic nitrogens is 2. The first-order chi connectivity index (χ1) is 13.0. The molecule has 27 heavy (non-hydrogen) atoms. The number of hydrogen-bond acceptors (Lipinski definition) is 5. The summed E-state index contributed by atoms with van der Waals surface area (Å²) in [5, 5.41) is 6.60. The molecule has 2 aromatic heterocycles. The van der Waals surface area contributed by atoms with E-state index in [9.17, 15) is 4.79 Å². The summed E-state index contributed by atoms with van der Waals surface area (Å²) in [6.07, 6.45) is 3.88. The lowest BCUT2D eigenvalue weighted by Crippen LogP contribution is -2.61. The molecule has 2 aliphatic rings. The Kier molecular flexibility index (Phi) is 4.92. The third kappa shape index (κ3) is 3.59. The molecule has 146 valence electrons. The maximum atomic E-state index is 13.1. The zero-order chi connectivity index (χ0) is 19.0. The minimum absolute atomic E-state index is 0.0526. The molecular formula is C20H29N5O2. The number of pyridine rings is 1. The molecule has 0 aromatic carbocycles. The topological polar surface area (TPSA) is 70.9 Å². The number of aryl methyl sites for hydroxylation is 1. The lowest BCUT2D eigenvalue weighted by Gasteiger charge is -2.40. The monoisotopic (exact) mass is 371 g/mol. The normalized spacial score (nSPS) is 22.0. The SMILES string of the molecule is Cc1cccn2c(C(C)(C)NC(=O)C3CNCCN3CC3COC3)ncc12. The summed E-state index contributed by atoms with van der Waals surface area (Å²) in [6.45, 7) is 11.1. The van der Waals surface area contributed by atoms with Gasteiger partial charge in [-0.15, -0.1) is 0 Å². The van der Waals surface area contributed by atoms with E-state index in [0.717, 1.165) is 44.2 Å². The second kappa shape index (κ2) is 7.22. The van der Waals surface area contributed by atoms with Gasteiger partial charge < -0.3 is 19.8 Å². The molecule has 0 radical (unpaired) electrons. The highest BCUT2D eigenvalue weighted by molar-refractivity contribution is 5.83. The number of carbonyl (C=O) groups excluding carboxylic acids is 1. The average molecular weight is 371 g/mol. The van der Waals surface area contributed by atoms with E-state index >= 15 is 0 Å². The van der Waals surface area contributed by atoms with Crippen LogP contribution in [-0.4, -0.2) is 65.6 Å². The maximum absolute atomic E-state index is 13.1. The molecule has 2 N–H and O–H groups in total. The number of ether oxygens (including phenoxy) is 1. The van der Waals surface area contributed by atoms with Crippen molar-refractivity contribution in [1.29, 1.82) is 0 Å². The van der Waals surface area contributed by atoms with Crippen molar-refractivity contribution < 1.29 is 9.53 Å². The molecule has 0 aliphatic carbocycles. The van der Waals surface area contributed by atoms with Crippen molar-refractivity contribution >= 4 is 11.4 Å². The van der Waals surface area contributed by atoms with Crippen molar-refractivity contribution in [1.82, 2.24) is 24.9 Å². The number of fused-ring (bicyclic) bond motifs is 1. The van der Waals surface area contributed by atoms with Crippen LogP contribution in [0.15, 0.2) is 24.5 Å². The van der Waals surface area contributed by atoms with Crippen LogP contribution in [0.4, 0.5) is 0 Å². The Morgan fingerprint density at radius 3 is 3.00 bits per heavy atom. The lowest BCUT2D eigenvalue weighted by molar-refractivity contribution is -0.130. The zero-order valence-electron chi connectivity index (χ0n) is 16.4. The van der Waals surface area contributed by atoms with Crippen LogP contribution in [0.5, 0.6) is 0 Å². The van der Waals surface area contributed by atoms with E-state index in [2.05, 4.69) is 37.9 Å². The van der Waals surface area contributed by atoms with Crippen LogP contribution in [0, 0.1) is 12.8 Å². The van der Waals surface area contributed by atoms with Crippen LogP contribution in [0.25, 0.3) is 5.52 Å². The molecular weight excluding hydrogens is 342 g/mol. The molecule has 2 aliphatic heterocycles. The van der Waals surface area contributed by atoms with Gasteiger partial charge in [-0.25, -0.2) is 4.98 Å². The predicted octanol–water partition coefficient (Wildman–Crippen LogP) is 0.914. The van der Waals surface area contributed by atoms with Crippen LogP contribution in [0.1, 0.15) is 25.2 Å². The Balaban J connectivity index is 1.51. The van der Waals surface area contributed by atoms with Gasteiger partial charge in [0.05, 0.1) is 30.5 Å². The maximum Gasteiger partial charge on any atom is 0.239 e. The third-order valence-electron chi connectivity index (χ3n) is 5.63. The summed E-state index contributed by atoms with van der Waals surface area (Å²) in [7, 11) is 0. The molecule has 1 atom stereocenters. The molecule has 1 amide bonds. The zero-order valence-corrected chi connectivity index (χ0v) is 16.4. The summed E-state index contributed by atoms with van der Waals surface area (Å²) in [6, 6.07) is 3.92. The minimum Gasteiger partial charge on any atom is -0.381 e. The van der Waals surface area contributed by atoms with Gasteiger partial charge in [0.1, 0.15) is 11.9 Å². The fraction of sp³-hybridized carbons (Fsp3) is 0.600. The first-order valence-electron chi connectivity index (χ1n) is 9.73. The molecule has 0 bridgehead atoms. The molecule has 0 spiro atoms. The van der Waals surface area contributed by atoms with Crippen molar-refractivity contribution in [2.75, 3.05) is 39.4 Å². The number of rotatable bonds is 5. The van der Waals surface area contributed by atoms with Crippen molar-refractivity contribution in [2.24, 2.45) is 5.92 Å². The smallest absolute Gasteiger partial charge is 0.239 e. The number of carbonyl (C=O) groups is 1. The molecule has 4 rings (SSSR count). The molecule has 0 saturated carbocycles. The summed E-state index contributed by atoms with van der Waals surface area (Å²) in [5.41, 5.74) is 1.67. The summed E-state index contributed by atoms with van der Waals surface area (Å²) < 4.78 is 7.37. The van der Waals surface area contributed by atoms with E-state index in [0.29, 0.717) is 12.5 Å². The predicted molar refractivity (Wildman–Crippen MR) is 104 cm³/mol. The number of amides is 1. The van der Waals surface area contributed by atoms with Gasteiger partial charge in [-0.1, -0.05) is 6.07 Å². The molecule has 2 saturated heterocycles. The molecule has 1 unspecified atom stereocenters. The second-order valence-electron chi connectivity index (χ2n) is 8.26. The van der Waals surface area contributed by atoms with Crippen molar-refractivity contribution in [3.63, 3.8) is 0 Å². The number of nitrogens with zero attached hydrogens (tertiary/aromatic N) is 3. The van der Waals surface area contributed by atoms with E-state index in [-0.39, 0.29) is 11.9 Å². The summed E-state index contributed by atoms with van der Waals surface area (Å²) in [4.78, 5) is 20.1. The lowest BCUT2D eigenvalue weighted by atomic mass is 10.0. The highest BCUT2D eigenvalue weighted by Gasteiger charge is 2.36. The summed E-state index contributed by atoms with van der Waals surface area (Å²) >= 11 is 0. The Morgan fingerprint density at radius 2 is 2.26 bits per heavy atom. The number of hydrogen-bond donors (Lipinski definition) is 2. The first-order valence-corrected chi connectivity index (χ1v) is 9.73. The quantitative estimate of drug-likeness (QED) is 0.818. The molecule has 2 fully saturated rings. The molecule has 7 heteroatoms. The standard InChI is InChI=1S/C20H29N5O2/c1-14-5-4-7-25-16(14)10-22-19(25)20(2,3)23-18(26)17-9-21-6-8-24(17)11-15-12-27-13-15/h4-5,7,10,15,17,21H,6,8-9,11-13H2,1-3H3,(H,23,26). The van der Waals surface area contributed by atoms with Gasteiger partial charge in [0, 0.05) is 38.3 Å². The van der Waals surface area contributed by atoms with Crippen molar-refractivity contribution in [2.45, 2.75) is 32.4 Å². The van der Waals surface area contributed by atoms with Crippen LogP contribution < -0.4 is 10.6 Å². The molecule has 4 heterocycles. The van der Waals surface area contributed by atoms with Gasteiger partial charge in [-0.2, -0.15) is 0 Å². The van der Waals surface area contributed by atoms with Crippen LogP contribution >= 0.6 is 0 Å². The Hall–Kier alpha value is -1.96. The third-order valence-corrected chi connectivity index (χ3v) is 5.63. The van der Waals surface area contributed by atoms with Crippen molar-refractivity contribution in [3.05, 3.63) is 35.9 Å². The number of piperazine rings is 1. The van der Waals surface area contributed by atoms with Gasteiger partial charge in [-0.05, 0) is 32.4 Å². The Morgan fingerprint density at radius 1 is 1.44 bits per heavy atom. The van der Waals surface area contributed by atoms with E-state index in [1.165, 1.54) is 5.56 Å². The van der Waals surface area contributed by atoms with E-state index in [4.69, 9.17) is 4.74 Å². The van der Waals surface area contributed by atoms with Gasteiger partial charge in [-0.3, -0.25) is 9.69 Å². The fourth-order valence-corrected chi connectivity index (χ4v) is 4.02. The summed E-state index contributed by atoms with van der Waals surface area (Å²) in [5.74, 6) is 1.44. The minimum atomic E-state index is -0.569. The second-order valence-corrected chi connectivity index (χ2v) is 8.26.